The highest BCUT2D eigenvalue weighted by Crippen LogP contribution is 2.11. The van der Waals surface area contributed by atoms with Gasteiger partial charge in [0.2, 0.25) is 0 Å². The van der Waals surface area contributed by atoms with Crippen molar-refractivity contribution >= 4 is 30.0 Å². The van der Waals surface area contributed by atoms with E-state index in [1.807, 2.05) is 0 Å². The van der Waals surface area contributed by atoms with Crippen molar-refractivity contribution in [2.45, 2.75) is 6.54 Å². The number of hydrogen-bond acceptors (Lipinski definition) is 5. The van der Waals surface area contributed by atoms with Gasteiger partial charge < -0.3 is 10.6 Å². The largest absolute Gasteiger partial charge is 0.335 e. The number of carbonyl (C=O) groups is 3. The van der Waals surface area contributed by atoms with E-state index in [2.05, 4.69) is 17.2 Å². The van der Waals surface area contributed by atoms with Crippen molar-refractivity contribution in [3.05, 3.63) is 47.5 Å². The Balaban J connectivity index is 2.97. The van der Waals surface area contributed by atoms with Crippen molar-refractivity contribution in [3.63, 3.8) is 0 Å². The van der Waals surface area contributed by atoms with Gasteiger partial charge in [0.25, 0.3) is 0 Å². The molecular formula is C15H16N4O3. The Labute approximate surface area is 127 Å². The van der Waals surface area contributed by atoms with Gasteiger partial charge in [0, 0.05) is 24.2 Å². The fourth-order valence-electron chi connectivity index (χ4n) is 1.65. The van der Waals surface area contributed by atoms with Crippen LogP contribution in [0.2, 0.25) is 0 Å². The topological polar surface area (TPSA) is 123 Å². The highest BCUT2D eigenvalue weighted by atomic mass is 16.2. The van der Waals surface area contributed by atoms with Gasteiger partial charge >= 0.3 is 6.03 Å². The maximum Gasteiger partial charge on any atom is 0.315 e. The van der Waals surface area contributed by atoms with E-state index >= 15 is 0 Å². The van der Waals surface area contributed by atoms with Crippen LogP contribution in [0.1, 0.15) is 16.7 Å². The molecule has 0 saturated heterocycles. The third kappa shape index (κ3) is 4.78. The molecule has 0 aromatic heterocycles. The minimum Gasteiger partial charge on any atom is -0.335 e. The second kappa shape index (κ2) is 8.25. The standard InChI is InChI=1S/C15H16N4O3/c1-2-3-18-15(22)19-7-10-4-11(13(16)8-20)6-12(5-10)14(17)9-21/h2,4-6,8-9,16-17H,1,3,7H2,(H2,18,19,22). The molecule has 0 fully saturated rings. The van der Waals surface area contributed by atoms with E-state index in [1.54, 1.807) is 12.1 Å². The molecule has 114 valence electrons. The van der Waals surface area contributed by atoms with Crippen LogP contribution in [0, 0.1) is 10.8 Å². The SMILES string of the molecule is C=CCNC(=O)NCc1cc(C(=N)C=O)cc(C(=N)C=O)c1. The summed E-state index contributed by atoms with van der Waals surface area (Å²) in [6.07, 6.45) is 2.28. The molecule has 0 atom stereocenters. The number of urea groups is 1. The molecule has 0 spiro atoms. The second-order valence-electron chi connectivity index (χ2n) is 4.33. The molecule has 0 heterocycles. The summed E-state index contributed by atoms with van der Waals surface area (Å²) in [5.74, 6) is 0. The molecule has 2 amide bonds. The second-order valence-corrected chi connectivity index (χ2v) is 4.33. The molecule has 4 N–H and O–H groups in total. The molecule has 7 heteroatoms. The number of aldehydes is 2. The molecule has 0 saturated carbocycles. The normalized spacial score (nSPS) is 9.45. The minimum absolute atomic E-state index is 0.127. The number of amides is 2. The lowest BCUT2D eigenvalue weighted by Gasteiger charge is -2.09. The summed E-state index contributed by atoms with van der Waals surface area (Å²) in [6, 6.07) is 4.11. The Morgan fingerprint density at radius 3 is 2.05 bits per heavy atom. The van der Waals surface area contributed by atoms with Gasteiger partial charge in [0.05, 0.1) is 0 Å². The third-order valence-corrected chi connectivity index (χ3v) is 2.71. The lowest BCUT2D eigenvalue weighted by Crippen LogP contribution is -2.35. The van der Waals surface area contributed by atoms with Gasteiger partial charge in [-0.3, -0.25) is 20.4 Å². The Kier molecular flexibility index (Phi) is 6.36. The average Bonchev–Trinajstić information content (AvgIpc) is 2.56. The third-order valence-electron chi connectivity index (χ3n) is 2.71. The number of benzene rings is 1. The summed E-state index contributed by atoms with van der Waals surface area (Å²) in [4.78, 5) is 32.9. The molecular weight excluding hydrogens is 284 g/mol. The van der Waals surface area contributed by atoms with Gasteiger partial charge in [-0.25, -0.2) is 4.79 Å². The van der Waals surface area contributed by atoms with Gasteiger partial charge in [-0.05, 0) is 23.8 Å². The molecule has 0 bridgehead atoms. The van der Waals surface area contributed by atoms with E-state index < -0.39 is 6.03 Å². The van der Waals surface area contributed by atoms with Crippen molar-refractivity contribution in [1.29, 1.82) is 10.8 Å². The van der Waals surface area contributed by atoms with Gasteiger partial charge in [0.1, 0.15) is 11.4 Å². The number of nitrogens with one attached hydrogen (secondary N) is 4. The number of carbonyl (C=O) groups excluding carboxylic acids is 3. The van der Waals surface area contributed by atoms with Crippen molar-refractivity contribution < 1.29 is 14.4 Å². The smallest absolute Gasteiger partial charge is 0.315 e. The average molecular weight is 300 g/mol. The lowest BCUT2D eigenvalue weighted by atomic mass is 10.0. The zero-order valence-electron chi connectivity index (χ0n) is 11.8. The lowest BCUT2D eigenvalue weighted by molar-refractivity contribution is -0.103. The van der Waals surface area contributed by atoms with Crippen molar-refractivity contribution in [1.82, 2.24) is 10.6 Å². The Hall–Kier alpha value is -3.09. The minimum atomic E-state index is -0.400. The Bertz CT molecular complexity index is 599. The first-order chi connectivity index (χ1) is 10.5. The first-order valence-electron chi connectivity index (χ1n) is 6.36. The van der Waals surface area contributed by atoms with E-state index in [4.69, 9.17) is 10.8 Å². The monoisotopic (exact) mass is 300 g/mol. The van der Waals surface area contributed by atoms with Crippen LogP contribution in [-0.4, -0.2) is 36.6 Å². The van der Waals surface area contributed by atoms with E-state index in [0.29, 0.717) is 24.7 Å². The molecule has 1 aromatic carbocycles. The fourth-order valence-corrected chi connectivity index (χ4v) is 1.65. The summed E-state index contributed by atoms with van der Waals surface area (Å²) in [5.41, 5.74) is 0.597. The van der Waals surface area contributed by atoms with E-state index in [-0.39, 0.29) is 29.1 Å². The highest BCUT2D eigenvalue weighted by Gasteiger charge is 2.09. The first-order valence-corrected chi connectivity index (χ1v) is 6.36. The Morgan fingerprint density at radius 1 is 1.05 bits per heavy atom. The van der Waals surface area contributed by atoms with E-state index in [9.17, 15) is 14.4 Å². The predicted octanol–water partition coefficient (Wildman–Crippen LogP) is 0.805. The number of hydrogen-bond donors (Lipinski definition) is 4. The summed E-state index contributed by atoms with van der Waals surface area (Å²) in [6.45, 7) is 3.93. The molecule has 0 aliphatic rings. The van der Waals surface area contributed by atoms with Crippen molar-refractivity contribution in [2.75, 3.05) is 6.54 Å². The molecule has 0 aliphatic carbocycles. The van der Waals surface area contributed by atoms with Crippen LogP contribution < -0.4 is 10.6 Å². The summed E-state index contributed by atoms with van der Waals surface area (Å²) < 4.78 is 0. The molecule has 7 nitrogen and oxygen atoms in total. The van der Waals surface area contributed by atoms with Crippen LogP contribution >= 0.6 is 0 Å². The molecule has 1 rings (SSSR count). The van der Waals surface area contributed by atoms with Crippen molar-refractivity contribution in [3.8, 4) is 0 Å². The molecule has 1 aromatic rings. The zero-order valence-corrected chi connectivity index (χ0v) is 11.8. The molecule has 0 radical (unpaired) electrons. The van der Waals surface area contributed by atoms with Crippen LogP contribution in [0.3, 0.4) is 0 Å². The van der Waals surface area contributed by atoms with Gasteiger partial charge in [-0.1, -0.05) is 6.08 Å². The molecule has 22 heavy (non-hydrogen) atoms. The molecule has 0 unspecified atom stereocenters. The van der Waals surface area contributed by atoms with Crippen LogP contribution in [-0.2, 0) is 16.1 Å². The van der Waals surface area contributed by atoms with Crippen LogP contribution in [0.5, 0.6) is 0 Å². The summed E-state index contributed by atoms with van der Waals surface area (Å²) in [7, 11) is 0. The van der Waals surface area contributed by atoms with Crippen molar-refractivity contribution in [2.24, 2.45) is 0 Å². The number of rotatable bonds is 8. The van der Waals surface area contributed by atoms with Crippen LogP contribution in [0.15, 0.2) is 30.9 Å². The maximum absolute atomic E-state index is 11.5. The first kappa shape index (κ1) is 17.0. The molecule has 0 aliphatic heterocycles. The summed E-state index contributed by atoms with van der Waals surface area (Å²) >= 11 is 0. The Morgan fingerprint density at radius 2 is 1.59 bits per heavy atom. The van der Waals surface area contributed by atoms with Gasteiger partial charge in [-0.15, -0.1) is 6.58 Å². The van der Waals surface area contributed by atoms with Crippen LogP contribution in [0.25, 0.3) is 0 Å². The van der Waals surface area contributed by atoms with E-state index in [1.165, 1.54) is 12.1 Å². The predicted molar refractivity (Wildman–Crippen MR) is 82.7 cm³/mol. The quantitative estimate of drug-likeness (QED) is 0.322. The fraction of sp³-hybridized carbons (Fsp3) is 0.133. The van der Waals surface area contributed by atoms with E-state index in [0.717, 1.165) is 0 Å². The highest BCUT2D eigenvalue weighted by molar-refractivity contribution is 6.37. The maximum atomic E-state index is 11.5. The zero-order chi connectivity index (χ0) is 16.5. The van der Waals surface area contributed by atoms with Gasteiger partial charge in [0.15, 0.2) is 12.6 Å². The summed E-state index contributed by atoms with van der Waals surface area (Å²) in [5, 5.41) is 20.2. The van der Waals surface area contributed by atoms with Gasteiger partial charge in [-0.2, -0.15) is 0 Å². The van der Waals surface area contributed by atoms with Crippen LogP contribution in [0.4, 0.5) is 4.79 Å².